The summed E-state index contributed by atoms with van der Waals surface area (Å²) >= 11 is 0. The van der Waals surface area contributed by atoms with Gasteiger partial charge in [-0.2, -0.15) is 0 Å². The summed E-state index contributed by atoms with van der Waals surface area (Å²) in [6.45, 7) is 0. The van der Waals surface area contributed by atoms with E-state index in [1.807, 2.05) is 0 Å². The number of aliphatic imine (C=N–C) groups is 2. The van der Waals surface area contributed by atoms with Crippen molar-refractivity contribution in [3.05, 3.63) is 56.3 Å². The van der Waals surface area contributed by atoms with Crippen LogP contribution in [0.2, 0.25) is 0 Å². The van der Waals surface area contributed by atoms with E-state index in [0.717, 1.165) is 12.2 Å². The van der Waals surface area contributed by atoms with Gasteiger partial charge < -0.3 is 5.11 Å². The average molecular weight is 358 g/mol. The number of nitrogens with zero attached hydrogens (tertiary/aromatic N) is 3. The Labute approximate surface area is 157 Å². The van der Waals surface area contributed by atoms with Gasteiger partial charge in [0.25, 0.3) is 11.6 Å². The number of hydrogen-bond acceptors (Lipinski definition) is 7. The molecule has 1 heterocycles. The molecule has 1 aliphatic heterocycles. The summed E-state index contributed by atoms with van der Waals surface area (Å²) in [4.78, 5) is 28.5. The van der Waals surface area contributed by atoms with Gasteiger partial charge in [0.15, 0.2) is 0 Å². The maximum absolute atomic E-state index is 11.7. The van der Waals surface area contributed by atoms with Gasteiger partial charge in [0, 0.05) is 6.08 Å². The first-order chi connectivity index (χ1) is 10.7. The molecular weight excluding hydrogens is 351 g/mol. The molecule has 12 heteroatoms. The molecule has 118 valence electrons. The number of rotatable bonds is 2. The molecule has 24 heavy (non-hydrogen) atoms. The molecule has 0 aromatic carbocycles. The normalized spacial score (nSPS) is 22.4. The van der Waals surface area contributed by atoms with Crippen LogP contribution < -0.4 is 39.8 Å². The van der Waals surface area contributed by atoms with Gasteiger partial charge in [-0.05, 0) is 6.08 Å². The molecule has 1 atom stereocenters. The zero-order valence-corrected chi connectivity index (χ0v) is 15.0. The van der Waals surface area contributed by atoms with Gasteiger partial charge in [0.1, 0.15) is 0 Å². The van der Waals surface area contributed by atoms with Crippen molar-refractivity contribution in [2.75, 3.05) is 0 Å². The Morgan fingerprint density at radius 3 is 2.54 bits per heavy atom. The Morgan fingerprint density at radius 1 is 1.29 bits per heavy atom. The van der Waals surface area contributed by atoms with E-state index in [-0.39, 0.29) is 46.5 Å². The molecule has 0 saturated carbocycles. The van der Waals surface area contributed by atoms with Gasteiger partial charge in [-0.3, -0.25) is 19.9 Å². The topological polar surface area (TPSA) is 168 Å². The molecule has 0 radical (unpaired) electrons. The molecule has 1 unspecified atom stereocenters. The van der Waals surface area contributed by atoms with Crippen LogP contribution in [-0.4, -0.2) is 30.9 Å². The summed E-state index contributed by atoms with van der Waals surface area (Å²) in [6.07, 6.45) is 4.78. The standard InChI is InChI=1S/C12H8N4O6S.Na/c13-23(21,22)8-3-1-2-5-9(8)7(16(19)20)4-6-10(5)15-12(18)11(17)14-6;/h1-5H,(H,14,17)(H2,13,21,22);/q;+1/p-1. The summed E-state index contributed by atoms with van der Waals surface area (Å²) in [6, 6.07) is 0. The Balaban J connectivity index is 0.00000208. The Bertz CT molecular complexity index is 954. The minimum atomic E-state index is -4.24. The van der Waals surface area contributed by atoms with Crippen molar-refractivity contribution in [1.82, 2.24) is 0 Å². The predicted molar refractivity (Wildman–Crippen MR) is 75.8 cm³/mol. The van der Waals surface area contributed by atoms with Gasteiger partial charge >= 0.3 is 29.6 Å². The number of nitrogens with two attached hydrogens (primary N) is 1. The van der Waals surface area contributed by atoms with Gasteiger partial charge in [0.2, 0.25) is 10.0 Å². The largest absolute Gasteiger partial charge is 1.00 e. The minimum Gasteiger partial charge on any atom is -0.855 e. The van der Waals surface area contributed by atoms with Crippen LogP contribution in [0.25, 0.3) is 0 Å². The van der Waals surface area contributed by atoms with Crippen molar-refractivity contribution in [2.24, 2.45) is 21.0 Å². The third-order valence-corrected chi connectivity index (χ3v) is 4.33. The number of fused-ring (bicyclic) bond motifs is 3. The van der Waals surface area contributed by atoms with E-state index in [1.165, 1.54) is 12.2 Å². The number of carbonyl (C=O) groups is 1. The first-order valence-electron chi connectivity index (χ1n) is 6.11. The molecule has 2 aliphatic carbocycles. The fourth-order valence-electron chi connectivity index (χ4n) is 2.48. The third kappa shape index (κ3) is 2.91. The maximum Gasteiger partial charge on any atom is 1.00 e. The van der Waals surface area contributed by atoms with Gasteiger partial charge in [-0.15, -0.1) is 0 Å². The van der Waals surface area contributed by atoms with Crippen molar-refractivity contribution in [1.29, 1.82) is 0 Å². The van der Waals surface area contributed by atoms with E-state index >= 15 is 0 Å². The van der Waals surface area contributed by atoms with Crippen molar-refractivity contribution >= 4 is 27.5 Å². The molecule has 2 N–H and O–H groups in total. The molecule has 3 rings (SSSR count). The van der Waals surface area contributed by atoms with Crippen molar-refractivity contribution in [2.45, 2.75) is 0 Å². The zero-order chi connectivity index (χ0) is 16.9. The molecule has 0 fully saturated rings. The van der Waals surface area contributed by atoms with Gasteiger partial charge in [-0.25, -0.2) is 18.5 Å². The van der Waals surface area contributed by atoms with Crippen LogP contribution in [0, 0.1) is 16.0 Å². The second-order valence-electron chi connectivity index (χ2n) is 4.74. The molecule has 10 nitrogen and oxygen atoms in total. The van der Waals surface area contributed by atoms with Crippen LogP contribution in [0.3, 0.4) is 0 Å². The summed E-state index contributed by atoms with van der Waals surface area (Å²) in [7, 11) is -4.24. The van der Waals surface area contributed by atoms with Crippen LogP contribution in [0.5, 0.6) is 0 Å². The van der Waals surface area contributed by atoms with Crippen molar-refractivity contribution in [3.8, 4) is 0 Å². The molecular formula is C12H7N4NaO6S. The van der Waals surface area contributed by atoms with E-state index in [2.05, 4.69) is 9.98 Å². The Hall–Kier alpha value is -1.92. The third-order valence-electron chi connectivity index (χ3n) is 3.36. The maximum atomic E-state index is 11.7. The zero-order valence-electron chi connectivity index (χ0n) is 12.2. The number of primary sulfonamides is 1. The number of hydrogen-bond donors (Lipinski definition) is 1. The first kappa shape index (κ1) is 18.4. The predicted octanol–water partition coefficient (Wildman–Crippen LogP) is -4.48. The van der Waals surface area contributed by atoms with Gasteiger partial charge in [0.05, 0.1) is 38.6 Å². The van der Waals surface area contributed by atoms with Crippen LogP contribution in [0.1, 0.15) is 0 Å². The summed E-state index contributed by atoms with van der Waals surface area (Å²) in [5.41, 5.74) is -0.949. The second-order valence-corrected chi connectivity index (χ2v) is 6.27. The Morgan fingerprint density at radius 2 is 1.96 bits per heavy atom. The molecule has 3 aliphatic rings. The number of nitro groups is 1. The van der Waals surface area contributed by atoms with E-state index in [4.69, 9.17) is 5.14 Å². The summed E-state index contributed by atoms with van der Waals surface area (Å²) in [5, 5.41) is 27.7. The number of sulfonamides is 1. The van der Waals surface area contributed by atoms with E-state index in [9.17, 15) is 28.4 Å². The van der Waals surface area contributed by atoms with Crippen LogP contribution >= 0.6 is 0 Å². The SMILES string of the molecule is NS(=O)(=O)C1=CC=CC2C3=NC(=O)C([O-])=NC3=CC([N+](=O)[O-])=C12.[Na+]. The molecule has 0 aromatic heterocycles. The first-order valence-corrected chi connectivity index (χ1v) is 7.65. The van der Waals surface area contributed by atoms with Crippen LogP contribution in [-0.2, 0) is 14.8 Å². The molecule has 0 bridgehead atoms. The summed E-state index contributed by atoms with van der Waals surface area (Å²) < 4.78 is 23.4. The minimum absolute atomic E-state index is 0. The quantitative estimate of drug-likeness (QED) is 0.296. The second kappa shape index (κ2) is 6.18. The molecule has 0 aromatic rings. The smallest absolute Gasteiger partial charge is 0.855 e. The van der Waals surface area contributed by atoms with Crippen molar-refractivity contribution in [3.63, 3.8) is 0 Å². The van der Waals surface area contributed by atoms with Gasteiger partial charge in [-0.1, -0.05) is 12.2 Å². The Kier molecular flexibility index (Phi) is 4.74. The molecule has 1 amide bonds. The van der Waals surface area contributed by atoms with Crippen molar-refractivity contribution < 1.29 is 52.8 Å². The fraction of sp³-hybridized carbons (Fsp3) is 0.0833. The molecule has 0 spiro atoms. The molecule has 0 saturated heterocycles. The van der Waals surface area contributed by atoms with E-state index in [0.29, 0.717) is 0 Å². The number of amides is 1. The van der Waals surface area contributed by atoms with E-state index < -0.39 is 43.3 Å². The monoisotopic (exact) mass is 358 g/mol. The number of carbonyl (C=O) groups excluding carboxylic acids is 1. The fourth-order valence-corrected chi connectivity index (χ4v) is 3.28. The van der Waals surface area contributed by atoms with E-state index in [1.54, 1.807) is 0 Å². The number of allylic oxidation sites excluding steroid dienone is 6. The van der Waals surface area contributed by atoms with Crippen LogP contribution in [0.15, 0.2) is 56.2 Å². The van der Waals surface area contributed by atoms with Crippen LogP contribution in [0.4, 0.5) is 0 Å². The summed E-state index contributed by atoms with van der Waals surface area (Å²) in [5.74, 6) is -3.27. The average Bonchev–Trinajstić information content (AvgIpc) is 2.46.